The highest BCUT2D eigenvalue weighted by Gasteiger charge is 2.30. The molecule has 0 saturated carbocycles. The average Bonchev–Trinajstić information content (AvgIpc) is 2.76. The van der Waals surface area contributed by atoms with Crippen molar-refractivity contribution in [3.63, 3.8) is 0 Å². The van der Waals surface area contributed by atoms with Gasteiger partial charge in [0.15, 0.2) is 5.17 Å². The van der Waals surface area contributed by atoms with Crippen LogP contribution in [0.2, 0.25) is 0 Å². The lowest BCUT2D eigenvalue weighted by Gasteiger charge is -2.33. The van der Waals surface area contributed by atoms with Crippen molar-refractivity contribution in [1.29, 1.82) is 0 Å². The highest BCUT2D eigenvalue weighted by atomic mass is 32.2. The van der Waals surface area contributed by atoms with Gasteiger partial charge in [0.2, 0.25) is 5.89 Å². The SMILES string of the molecule is CCC1(CC)CN=C(NCc2nc(C)c(C)o2)SC1. The Morgan fingerprint density at radius 2 is 2.05 bits per heavy atom. The summed E-state index contributed by atoms with van der Waals surface area (Å²) >= 11 is 1.82. The first-order valence-electron chi connectivity index (χ1n) is 6.92. The highest BCUT2D eigenvalue weighted by Crippen LogP contribution is 2.34. The van der Waals surface area contributed by atoms with Gasteiger partial charge in [0.05, 0.1) is 12.2 Å². The summed E-state index contributed by atoms with van der Waals surface area (Å²) in [6.07, 6.45) is 2.40. The number of nitrogens with one attached hydrogen (secondary N) is 1. The summed E-state index contributed by atoms with van der Waals surface area (Å²) in [4.78, 5) is 9.03. The van der Waals surface area contributed by atoms with Gasteiger partial charge in [-0.2, -0.15) is 0 Å². The van der Waals surface area contributed by atoms with E-state index in [1.807, 2.05) is 25.6 Å². The number of oxazole rings is 1. The molecule has 0 amide bonds. The summed E-state index contributed by atoms with van der Waals surface area (Å²) < 4.78 is 5.55. The Labute approximate surface area is 119 Å². The van der Waals surface area contributed by atoms with Crippen molar-refractivity contribution in [3.05, 3.63) is 17.3 Å². The third kappa shape index (κ3) is 3.32. The molecule has 0 fully saturated rings. The van der Waals surface area contributed by atoms with Crippen LogP contribution in [0.5, 0.6) is 0 Å². The largest absolute Gasteiger partial charge is 0.444 e. The first-order valence-corrected chi connectivity index (χ1v) is 7.91. The van der Waals surface area contributed by atoms with E-state index in [9.17, 15) is 0 Å². The van der Waals surface area contributed by atoms with Crippen molar-refractivity contribution in [2.45, 2.75) is 47.1 Å². The Balaban J connectivity index is 1.89. The van der Waals surface area contributed by atoms with E-state index in [-0.39, 0.29) is 0 Å². The fourth-order valence-corrected chi connectivity index (χ4v) is 3.38. The van der Waals surface area contributed by atoms with Crippen LogP contribution in [0.25, 0.3) is 0 Å². The molecule has 0 radical (unpaired) electrons. The summed E-state index contributed by atoms with van der Waals surface area (Å²) in [6.45, 7) is 9.97. The van der Waals surface area contributed by atoms with Gasteiger partial charge in [-0.15, -0.1) is 0 Å². The molecule has 106 valence electrons. The maximum Gasteiger partial charge on any atom is 0.213 e. The second-order valence-corrected chi connectivity index (χ2v) is 6.18. The first-order chi connectivity index (χ1) is 9.08. The van der Waals surface area contributed by atoms with Gasteiger partial charge in [0, 0.05) is 12.3 Å². The Morgan fingerprint density at radius 1 is 1.32 bits per heavy atom. The predicted octanol–water partition coefficient (Wildman–Crippen LogP) is 3.29. The number of thioether (sulfide) groups is 1. The van der Waals surface area contributed by atoms with E-state index >= 15 is 0 Å². The van der Waals surface area contributed by atoms with Crippen LogP contribution in [-0.2, 0) is 6.54 Å². The summed E-state index contributed by atoms with van der Waals surface area (Å²) in [5, 5.41) is 4.34. The summed E-state index contributed by atoms with van der Waals surface area (Å²) in [5.74, 6) is 2.78. The molecule has 1 aromatic rings. The van der Waals surface area contributed by atoms with Crippen molar-refractivity contribution in [3.8, 4) is 0 Å². The van der Waals surface area contributed by atoms with Crippen molar-refractivity contribution >= 4 is 16.9 Å². The first kappa shape index (κ1) is 14.4. The highest BCUT2D eigenvalue weighted by molar-refractivity contribution is 8.13. The van der Waals surface area contributed by atoms with Crippen LogP contribution in [0, 0.1) is 19.3 Å². The lowest BCUT2D eigenvalue weighted by molar-refractivity contribution is 0.318. The minimum absolute atomic E-state index is 0.395. The van der Waals surface area contributed by atoms with Crippen LogP contribution in [0.1, 0.15) is 44.0 Å². The zero-order valence-electron chi connectivity index (χ0n) is 12.2. The number of hydrogen-bond donors (Lipinski definition) is 1. The Hall–Kier alpha value is -0.970. The minimum Gasteiger partial charge on any atom is -0.444 e. The molecule has 0 bridgehead atoms. The number of amidine groups is 1. The van der Waals surface area contributed by atoms with Gasteiger partial charge in [0.25, 0.3) is 0 Å². The third-order valence-electron chi connectivity index (χ3n) is 4.04. The van der Waals surface area contributed by atoms with Crippen LogP contribution < -0.4 is 5.32 Å². The second kappa shape index (κ2) is 5.99. The number of nitrogens with zero attached hydrogens (tertiary/aromatic N) is 2. The molecule has 2 rings (SSSR count). The quantitative estimate of drug-likeness (QED) is 0.920. The molecule has 1 aliphatic heterocycles. The predicted molar refractivity (Wildman–Crippen MR) is 80.6 cm³/mol. The topological polar surface area (TPSA) is 50.4 Å². The van der Waals surface area contributed by atoms with Gasteiger partial charge in [-0.3, -0.25) is 4.99 Å². The molecule has 0 atom stereocenters. The molecule has 5 heteroatoms. The van der Waals surface area contributed by atoms with Gasteiger partial charge >= 0.3 is 0 Å². The van der Waals surface area contributed by atoms with E-state index in [2.05, 4.69) is 29.1 Å². The van der Waals surface area contributed by atoms with Crippen molar-refractivity contribution in [2.75, 3.05) is 12.3 Å². The van der Waals surface area contributed by atoms with Crippen molar-refractivity contribution in [2.24, 2.45) is 10.4 Å². The van der Waals surface area contributed by atoms with Gasteiger partial charge < -0.3 is 9.73 Å². The summed E-state index contributed by atoms with van der Waals surface area (Å²) in [7, 11) is 0. The van der Waals surface area contributed by atoms with Crippen molar-refractivity contribution in [1.82, 2.24) is 10.3 Å². The van der Waals surface area contributed by atoms with E-state index in [1.54, 1.807) is 0 Å². The molecule has 2 heterocycles. The van der Waals surface area contributed by atoms with E-state index in [1.165, 1.54) is 12.8 Å². The van der Waals surface area contributed by atoms with Gasteiger partial charge in [0.1, 0.15) is 5.76 Å². The number of hydrogen-bond acceptors (Lipinski definition) is 5. The fourth-order valence-electron chi connectivity index (χ4n) is 2.10. The molecule has 0 aromatic carbocycles. The van der Waals surface area contributed by atoms with Crippen LogP contribution in [-0.4, -0.2) is 22.4 Å². The zero-order chi connectivity index (χ0) is 13.9. The second-order valence-electron chi connectivity index (χ2n) is 5.22. The Kier molecular flexibility index (Phi) is 4.55. The smallest absolute Gasteiger partial charge is 0.213 e. The fraction of sp³-hybridized carbons (Fsp3) is 0.714. The van der Waals surface area contributed by atoms with Gasteiger partial charge in [-0.05, 0) is 32.1 Å². The summed E-state index contributed by atoms with van der Waals surface area (Å²) in [5.41, 5.74) is 1.36. The maximum atomic E-state index is 5.55. The van der Waals surface area contributed by atoms with E-state index < -0.39 is 0 Å². The van der Waals surface area contributed by atoms with Gasteiger partial charge in [-0.25, -0.2) is 4.98 Å². The number of aryl methyl sites for hydroxylation is 2. The molecule has 0 unspecified atom stereocenters. The summed E-state index contributed by atoms with van der Waals surface area (Å²) in [6, 6.07) is 0. The molecule has 0 aliphatic carbocycles. The van der Waals surface area contributed by atoms with Crippen LogP contribution >= 0.6 is 11.8 Å². The standard InChI is InChI=1S/C14H23N3OS/c1-5-14(6-2)8-16-13(19-9-14)15-7-12-17-10(3)11(4)18-12/h5-9H2,1-4H3,(H,15,16). The molecular weight excluding hydrogens is 258 g/mol. The normalized spacial score (nSPS) is 18.2. The lowest BCUT2D eigenvalue weighted by Crippen LogP contribution is -2.34. The molecule has 4 nitrogen and oxygen atoms in total. The van der Waals surface area contributed by atoms with Crippen LogP contribution in [0.15, 0.2) is 9.41 Å². The third-order valence-corrected chi connectivity index (χ3v) is 5.34. The zero-order valence-corrected chi connectivity index (χ0v) is 13.1. The average molecular weight is 281 g/mol. The number of rotatable bonds is 4. The maximum absolute atomic E-state index is 5.55. The van der Waals surface area contributed by atoms with E-state index in [0.717, 1.165) is 34.8 Å². The van der Waals surface area contributed by atoms with Crippen LogP contribution in [0.4, 0.5) is 0 Å². The molecule has 0 spiro atoms. The van der Waals surface area contributed by atoms with E-state index in [0.29, 0.717) is 12.0 Å². The molecular formula is C14H23N3OS. The molecule has 0 saturated heterocycles. The molecule has 1 aromatic heterocycles. The lowest BCUT2D eigenvalue weighted by atomic mass is 9.84. The van der Waals surface area contributed by atoms with Crippen molar-refractivity contribution < 1.29 is 4.42 Å². The Bertz CT molecular complexity index is 444. The molecule has 1 aliphatic rings. The number of aliphatic imine (C=N–C) groups is 1. The molecule has 1 N–H and O–H groups in total. The Morgan fingerprint density at radius 3 is 2.53 bits per heavy atom. The molecule has 19 heavy (non-hydrogen) atoms. The number of aromatic nitrogens is 1. The van der Waals surface area contributed by atoms with Crippen LogP contribution in [0.3, 0.4) is 0 Å². The van der Waals surface area contributed by atoms with E-state index in [4.69, 9.17) is 4.42 Å². The monoisotopic (exact) mass is 281 g/mol. The van der Waals surface area contributed by atoms with Gasteiger partial charge in [-0.1, -0.05) is 25.6 Å². The minimum atomic E-state index is 0.395.